The van der Waals surface area contributed by atoms with E-state index in [0.717, 1.165) is 10.6 Å². The highest BCUT2D eigenvalue weighted by Crippen LogP contribution is 2.29. The fourth-order valence-corrected chi connectivity index (χ4v) is 2.64. The van der Waals surface area contributed by atoms with Crippen LogP contribution in [0.15, 0.2) is 43.0 Å². The Morgan fingerprint density at radius 2 is 2.24 bits per heavy atom. The van der Waals surface area contributed by atoms with Crippen molar-refractivity contribution in [3.05, 3.63) is 59.2 Å². The van der Waals surface area contributed by atoms with Gasteiger partial charge in [-0.05, 0) is 23.8 Å². The Labute approximate surface area is 126 Å². The van der Waals surface area contributed by atoms with Crippen molar-refractivity contribution >= 4 is 27.9 Å². The fraction of sp³-hybridized carbons (Fsp3) is 0.133. The summed E-state index contributed by atoms with van der Waals surface area (Å²) in [5.41, 5.74) is 7.07. The molecule has 1 aromatic heterocycles. The summed E-state index contributed by atoms with van der Waals surface area (Å²) in [5, 5.41) is 6.58. The van der Waals surface area contributed by atoms with E-state index >= 15 is 0 Å². The van der Waals surface area contributed by atoms with Gasteiger partial charge in [0, 0.05) is 13.1 Å². The molecule has 0 atom stereocenters. The van der Waals surface area contributed by atoms with E-state index in [9.17, 15) is 9.18 Å². The summed E-state index contributed by atoms with van der Waals surface area (Å²) in [4.78, 5) is 12.3. The Morgan fingerprint density at radius 3 is 2.95 bits per heavy atom. The van der Waals surface area contributed by atoms with Gasteiger partial charge in [-0.2, -0.15) is 0 Å². The van der Waals surface area contributed by atoms with Crippen molar-refractivity contribution in [3.8, 4) is 0 Å². The molecule has 0 aliphatic rings. The molecule has 1 aromatic carbocycles. The van der Waals surface area contributed by atoms with Gasteiger partial charge in [0.1, 0.15) is 10.7 Å². The number of carbonyl (C=O) groups is 1. The predicted octanol–water partition coefficient (Wildman–Crippen LogP) is 3.00. The zero-order chi connectivity index (χ0) is 15.2. The van der Waals surface area contributed by atoms with Crippen molar-refractivity contribution in [2.75, 3.05) is 17.6 Å². The van der Waals surface area contributed by atoms with E-state index in [1.165, 1.54) is 23.5 Å². The van der Waals surface area contributed by atoms with Crippen LogP contribution in [-0.4, -0.2) is 12.5 Å². The molecular weight excluding hydrogens is 289 g/mol. The minimum Gasteiger partial charge on any atom is -0.397 e. The van der Waals surface area contributed by atoms with E-state index < -0.39 is 0 Å². The molecule has 4 nitrogen and oxygen atoms in total. The molecular formula is C15H16FN3OS. The summed E-state index contributed by atoms with van der Waals surface area (Å²) in [7, 11) is 0. The van der Waals surface area contributed by atoms with Crippen LogP contribution in [0.1, 0.15) is 15.2 Å². The van der Waals surface area contributed by atoms with Crippen molar-refractivity contribution < 1.29 is 9.18 Å². The lowest BCUT2D eigenvalue weighted by Crippen LogP contribution is -2.22. The van der Waals surface area contributed by atoms with Crippen LogP contribution in [0.4, 0.5) is 15.1 Å². The van der Waals surface area contributed by atoms with Gasteiger partial charge in [-0.15, -0.1) is 17.9 Å². The molecule has 0 radical (unpaired) electrons. The van der Waals surface area contributed by atoms with Gasteiger partial charge in [0.05, 0.1) is 10.7 Å². The maximum atomic E-state index is 13.1. The zero-order valence-electron chi connectivity index (χ0n) is 11.4. The Kier molecular flexibility index (Phi) is 4.94. The number of nitrogen functional groups attached to an aromatic ring is 1. The van der Waals surface area contributed by atoms with E-state index in [-0.39, 0.29) is 11.7 Å². The second-order valence-corrected chi connectivity index (χ2v) is 5.43. The minimum atomic E-state index is -0.274. The van der Waals surface area contributed by atoms with Crippen LogP contribution in [-0.2, 0) is 6.54 Å². The first-order valence-electron chi connectivity index (χ1n) is 6.37. The van der Waals surface area contributed by atoms with Gasteiger partial charge in [0.15, 0.2) is 0 Å². The minimum absolute atomic E-state index is 0.226. The number of anilines is 2. The maximum absolute atomic E-state index is 13.1. The van der Waals surface area contributed by atoms with Crippen molar-refractivity contribution in [1.82, 2.24) is 5.32 Å². The highest BCUT2D eigenvalue weighted by molar-refractivity contribution is 7.18. The van der Waals surface area contributed by atoms with Gasteiger partial charge >= 0.3 is 0 Å². The Hall–Kier alpha value is -2.34. The summed E-state index contributed by atoms with van der Waals surface area (Å²) >= 11 is 1.27. The van der Waals surface area contributed by atoms with Crippen molar-refractivity contribution in [2.45, 2.75) is 6.54 Å². The number of rotatable bonds is 6. The van der Waals surface area contributed by atoms with Gasteiger partial charge in [0.2, 0.25) is 0 Å². The molecule has 1 amide bonds. The lowest BCUT2D eigenvalue weighted by Gasteiger charge is -2.03. The van der Waals surface area contributed by atoms with Crippen molar-refractivity contribution in [3.63, 3.8) is 0 Å². The number of nitrogens with two attached hydrogens (primary N) is 1. The Morgan fingerprint density at radius 1 is 1.43 bits per heavy atom. The molecule has 6 heteroatoms. The molecule has 0 saturated heterocycles. The molecule has 1 heterocycles. The number of hydrogen-bond donors (Lipinski definition) is 3. The summed E-state index contributed by atoms with van der Waals surface area (Å²) in [6, 6.07) is 8.04. The largest absolute Gasteiger partial charge is 0.397 e. The van der Waals surface area contributed by atoms with Crippen LogP contribution < -0.4 is 16.4 Å². The number of amides is 1. The van der Waals surface area contributed by atoms with E-state index in [4.69, 9.17) is 5.73 Å². The van der Waals surface area contributed by atoms with Crippen LogP contribution in [0.3, 0.4) is 0 Å². The van der Waals surface area contributed by atoms with Crippen LogP contribution in [0.25, 0.3) is 0 Å². The SMILES string of the molecule is C=CCNC(=O)c1sc(NCc2cccc(F)c2)cc1N. The summed E-state index contributed by atoms with van der Waals surface area (Å²) in [6.07, 6.45) is 1.60. The zero-order valence-corrected chi connectivity index (χ0v) is 12.2. The number of benzene rings is 1. The molecule has 110 valence electrons. The number of thiophene rings is 1. The fourth-order valence-electron chi connectivity index (χ4n) is 1.75. The van der Waals surface area contributed by atoms with Crippen LogP contribution in [0.2, 0.25) is 0 Å². The average molecular weight is 305 g/mol. The molecule has 2 rings (SSSR count). The molecule has 0 spiro atoms. The molecule has 0 fully saturated rings. The van der Waals surface area contributed by atoms with Gasteiger partial charge in [-0.1, -0.05) is 18.2 Å². The normalized spacial score (nSPS) is 10.1. The monoisotopic (exact) mass is 305 g/mol. The third kappa shape index (κ3) is 4.06. The van der Waals surface area contributed by atoms with Crippen LogP contribution in [0.5, 0.6) is 0 Å². The van der Waals surface area contributed by atoms with Crippen LogP contribution >= 0.6 is 11.3 Å². The molecule has 0 bridgehead atoms. The quantitative estimate of drug-likeness (QED) is 0.719. The highest BCUT2D eigenvalue weighted by atomic mass is 32.1. The van der Waals surface area contributed by atoms with Crippen LogP contribution in [0, 0.1) is 5.82 Å². The van der Waals surface area contributed by atoms with Crippen molar-refractivity contribution in [1.29, 1.82) is 0 Å². The van der Waals surface area contributed by atoms with Gasteiger partial charge in [-0.25, -0.2) is 4.39 Å². The maximum Gasteiger partial charge on any atom is 0.263 e. The molecule has 21 heavy (non-hydrogen) atoms. The molecule has 0 unspecified atom stereocenters. The molecule has 0 aliphatic heterocycles. The predicted molar refractivity (Wildman–Crippen MR) is 85.0 cm³/mol. The third-order valence-corrected chi connectivity index (χ3v) is 3.84. The first-order chi connectivity index (χ1) is 10.1. The summed E-state index contributed by atoms with van der Waals surface area (Å²) in [6.45, 7) is 4.39. The van der Waals surface area contributed by atoms with E-state index in [0.29, 0.717) is 23.7 Å². The molecule has 2 aromatic rings. The first kappa shape index (κ1) is 15.1. The lowest BCUT2D eigenvalue weighted by atomic mass is 10.2. The number of carbonyl (C=O) groups excluding carboxylic acids is 1. The second-order valence-electron chi connectivity index (χ2n) is 4.38. The van der Waals surface area contributed by atoms with E-state index in [1.54, 1.807) is 18.2 Å². The standard InChI is InChI=1S/C15H16FN3OS/c1-2-6-18-15(20)14-12(17)8-13(21-14)19-9-10-4-3-5-11(16)7-10/h2-5,7-8,19H,1,6,9,17H2,(H,18,20). The molecule has 0 saturated carbocycles. The van der Waals surface area contributed by atoms with Gasteiger partial charge in [0.25, 0.3) is 5.91 Å². The van der Waals surface area contributed by atoms with Gasteiger partial charge in [-0.3, -0.25) is 4.79 Å². The molecule has 4 N–H and O–H groups in total. The third-order valence-electron chi connectivity index (χ3n) is 2.73. The first-order valence-corrected chi connectivity index (χ1v) is 7.18. The molecule has 0 aliphatic carbocycles. The summed E-state index contributed by atoms with van der Waals surface area (Å²) < 4.78 is 13.1. The average Bonchev–Trinajstić information content (AvgIpc) is 2.84. The van der Waals surface area contributed by atoms with Gasteiger partial charge < -0.3 is 16.4 Å². The smallest absolute Gasteiger partial charge is 0.263 e. The summed E-state index contributed by atoms with van der Waals surface area (Å²) in [5.74, 6) is -0.499. The van der Waals surface area contributed by atoms with Crippen molar-refractivity contribution in [2.24, 2.45) is 0 Å². The second kappa shape index (κ2) is 6.90. The van der Waals surface area contributed by atoms with E-state index in [1.807, 2.05) is 6.07 Å². The Bertz CT molecular complexity index is 654. The Balaban J connectivity index is 2.01. The lowest BCUT2D eigenvalue weighted by molar-refractivity contribution is 0.0963. The number of hydrogen-bond acceptors (Lipinski definition) is 4. The topological polar surface area (TPSA) is 67.2 Å². The number of halogens is 1. The highest BCUT2D eigenvalue weighted by Gasteiger charge is 2.13. The van der Waals surface area contributed by atoms with E-state index in [2.05, 4.69) is 17.2 Å². The number of nitrogens with one attached hydrogen (secondary N) is 2.